The first-order valence-corrected chi connectivity index (χ1v) is 12.1. The average molecular weight is 557 g/mol. The van der Waals surface area contributed by atoms with E-state index in [-0.39, 0.29) is 0 Å². The molecule has 2 saturated heterocycles. The summed E-state index contributed by atoms with van der Waals surface area (Å²) in [5.41, 5.74) is 0. The zero-order valence-corrected chi connectivity index (χ0v) is 19.1. The first-order valence-electron chi connectivity index (χ1n) is 9.37. The summed E-state index contributed by atoms with van der Waals surface area (Å²) in [5.74, 6) is -2.66. The fourth-order valence-electron chi connectivity index (χ4n) is 3.33. The Morgan fingerprint density at radius 2 is 1.51 bits per heavy atom. The molecule has 0 radical (unpaired) electrons. The van der Waals surface area contributed by atoms with Crippen LogP contribution in [0.2, 0.25) is 0 Å². The number of aliphatic carboxylic acids is 1. The Balaban J connectivity index is 2.43. The summed E-state index contributed by atoms with van der Waals surface area (Å²) in [4.78, 5) is 22.8. The maximum absolute atomic E-state index is 11.4. The van der Waals surface area contributed by atoms with E-state index in [4.69, 9.17) is 23.3 Å². The lowest BCUT2D eigenvalue weighted by Crippen LogP contribution is -2.67. The third kappa shape index (κ3) is 7.94. The highest BCUT2D eigenvalue weighted by atomic mass is 32.3. The van der Waals surface area contributed by atoms with Gasteiger partial charge in [-0.25, -0.2) is 13.2 Å². The van der Waals surface area contributed by atoms with E-state index in [1.165, 1.54) is 0 Å². The number of hydrogen-bond donors (Lipinski definition) is 8. The second-order valence-corrected chi connectivity index (χ2v) is 9.47. The van der Waals surface area contributed by atoms with Gasteiger partial charge in [-0.1, -0.05) is 0 Å². The standard InChI is InChI=1S/C14H23NO18S2/c1-3(16)15-5-6(17)9(4(30-13(5)22)2-29-34(23,24)25)31-14-11(33-35(26,27)28)8(19)7(18)10(32-14)12(20)21/h4-11,13-14,17-19,22H,2H2,1H3,(H,15,16)(H,20,21)(H,23,24,25)(H,26,27,28)/t4-,5-,6-,7+,8+,9+,10+,11-,13?,14-/m1/s1. The molecule has 1 amide bonds. The van der Waals surface area contributed by atoms with Crippen LogP contribution in [0, 0.1) is 0 Å². The SMILES string of the molecule is CC(=O)N[C@H]1C(O)O[C@H](COS(=O)(=O)O)[C@H](O[C@@H]2O[C@H](C(=O)O)[C@@H](O)[C@H](O)[C@H]2OS(=O)(=O)O)[C@@H]1O. The zero-order valence-electron chi connectivity index (χ0n) is 17.4. The first kappa shape index (κ1) is 29.6. The first-order chi connectivity index (χ1) is 15.9. The minimum atomic E-state index is -5.39. The second-order valence-electron chi connectivity index (χ2n) is 7.33. The van der Waals surface area contributed by atoms with Crippen molar-refractivity contribution in [3.8, 4) is 0 Å². The molecule has 2 rings (SSSR count). The summed E-state index contributed by atoms with van der Waals surface area (Å²) >= 11 is 0. The van der Waals surface area contributed by atoms with E-state index in [0.29, 0.717) is 0 Å². The highest BCUT2D eigenvalue weighted by molar-refractivity contribution is 7.81. The monoisotopic (exact) mass is 557 g/mol. The number of hydrogen-bond acceptors (Lipinski definition) is 15. The van der Waals surface area contributed by atoms with Crippen LogP contribution >= 0.6 is 0 Å². The number of ether oxygens (including phenoxy) is 3. The van der Waals surface area contributed by atoms with Gasteiger partial charge in [-0.15, -0.1) is 0 Å². The van der Waals surface area contributed by atoms with Crippen molar-refractivity contribution >= 4 is 32.7 Å². The van der Waals surface area contributed by atoms with Crippen molar-refractivity contribution < 1.29 is 83.6 Å². The topological polar surface area (TPSA) is 302 Å². The Kier molecular flexibility index (Phi) is 9.48. The van der Waals surface area contributed by atoms with Crippen molar-refractivity contribution in [1.82, 2.24) is 5.32 Å². The van der Waals surface area contributed by atoms with Crippen LogP contribution in [0.4, 0.5) is 0 Å². The number of carboxylic acids is 1. The summed E-state index contributed by atoms with van der Waals surface area (Å²) in [6.07, 6.45) is -19.5. The van der Waals surface area contributed by atoms with E-state index in [1.807, 2.05) is 0 Å². The summed E-state index contributed by atoms with van der Waals surface area (Å²) in [6, 6.07) is -1.67. The molecule has 0 spiro atoms. The lowest BCUT2D eigenvalue weighted by atomic mass is 9.95. The minimum absolute atomic E-state index is 0.797. The molecule has 1 unspecified atom stereocenters. The molecule has 0 aromatic rings. The molecular formula is C14H23NO18S2. The Morgan fingerprint density at radius 3 is 2.00 bits per heavy atom. The average Bonchev–Trinajstić information content (AvgIpc) is 2.69. The van der Waals surface area contributed by atoms with Crippen LogP contribution in [0.5, 0.6) is 0 Å². The van der Waals surface area contributed by atoms with Gasteiger partial charge in [-0.3, -0.25) is 13.9 Å². The predicted molar refractivity (Wildman–Crippen MR) is 102 cm³/mol. The molecule has 10 atom stereocenters. The summed E-state index contributed by atoms with van der Waals surface area (Å²) in [6.45, 7) is -0.174. The molecule has 204 valence electrons. The minimum Gasteiger partial charge on any atom is -0.479 e. The summed E-state index contributed by atoms with van der Waals surface area (Å²) in [5, 5.41) is 52.1. The molecule has 35 heavy (non-hydrogen) atoms. The van der Waals surface area contributed by atoms with E-state index in [2.05, 4.69) is 13.7 Å². The van der Waals surface area contributed by atoms with Gasteiger partial charge >= 0.3 is 26.8 Å². The number of rotatable bonds is 9. The normalized spacial score (nSPS) is 38.6. The molecule has 8 N–H and O–H groups in total. The molecule has 2 fully saturated rings. The van der Waals surface area contributed by atoms with Crippen LogP contribution in [0.15, 0.2) is 0 Å². The Bertz CT molecular complexity index is 985. The highest BCUT2D eigenvalue weighted by Crippen LogP contribution is 2.31. The van der Waals surface area contributed by atoms with Gasteiger partial charge < -0.3 is 45.1 Å². The fraction of sp³-hybridized carbons (Fsp3) is 0.857. The molecule has 19 nitrogen and oxygen atoms in total. The van der Waals surface area contributed by atoms with Crippen molar-refractivity contribution in [2.24, 2.45) is 0 Å². The molecule has 2 aliphatic rings. The number of nitrogens with one attached hydrogen (secondary N) is 1. The van der Waals surface area contributed by atoms with E-state index in [9.17, 15) is 52.0 Å². The molecular weight excluding hydrogens is 534 g/mol. The third-order valence-corrected chi connectivity index (χ3v) is 5.66. The number of carboxylic acid groups (broad SMARTS) is 1. The molecule has 0 saturated carbocycles. The van der Waals surface area contributed by atoms with Crippen molar-refractivity contribution in [3.05, 3.63) is 0 Å². The zero-order chi connectivity index (χ0) is 26.9. The van der Waals surface area contributed by atoms with Crippen molar-refractivity contribution in [3.63, 3.8) is 0 Å². The summed E-state index contributed by atoms with van der Waals surface area (Å²) < 4.78 is 85.7. The van der Waals surface area contributed by atoms with Crippen LogP contribution < -0.4 is 5.32 Å². The third-order valence-electron chi connectivity index (χ3n) is 4.76. The van der Waals surface area contributed by atoms with Gasteiger partial charge in [0.25, 0.3) is 0 Å². The molecule has 0 bridgehead atoms. The maximum atomic E-state index is 11.4. The Labute approximate surface area is 197 Å². The van der Waals surface area contributed by atoms with Gasteiger partial charge in [0.05, 0.1) is 6.61 Å². The maximum Gasteiger partial charge on any atom is 0.397 e. The van der Waals surface area contributed by atoms with Crippen molar-refractivity contribution in [1.29, 1.82) is 0 Å². The number of carbonyl (C=O) groups is 2. The fourth-order valence-corrected chi connectivity index (χ4v) is 4.12. The smallest absolute Gasteiger partial charge is 0.397 e. The predicted octanol–water partition coefficient (Wildman–Crippen LogP) is -5.51. The molecule has 21 heteroatoms. The molecule has 2 aliphatic heterocycles. The quantitative estimate of drug-likeness (QED) is 0.123. The second kappa shape index (κ2) is 11.2. The summed E-state index contributed by atoms with van der Waals surface area (Å²) in [7, 11) is -10.5. The van der Waals surface area contributed by atoms with Crippen LogP contribution in [-0.2, 0) is 53.0 Å². The van der Waals surface area contributed by atoms with Crippen LogP contribution in [-0.4, -0.2) is 131 Å². The van der Waals surface area contributed by atoms with Crippen molar-refractivity contribution in [2.45, 2.75) is 68.3 Å². The highest BCUT2D eigenvalue weighted by Gasteiger charge is 2.54. The van der Waals surface area contributed by atoms with Gasteiger partial charge in [-0.05, 0) is 0 Å². The van der Waals surface area contributed by atoms with Crippen molar-refractivity contribution in [2.75, 3.05) is 6.61 Å². The number of aliphatic hydroxyl groups is 4. The number of carbonyl (C=O) groups excluding carboxylic acids is 1. The molecule has 0 aromatic carbocycles. The lowest BCUT2D eigenvalue weighted by molar-refractivity contribution is -0.336. The van der Waals surface area contributed by atoms with E-state index >= 15 is 0 Å². The Morgan fingerprint density at radius 1 is 0.914 bits per heavy atom. The van der Waals surface area contributed by atoms with E-state index < -0.39 is 101 Å². The van der Waals surface area contributed by atoms with Crippen LogP contribution in [0.3, 0.4) is 0 Å². The Hall–Kier alpha value is -1.60. The van der Waals surface area contributed by atoms with Gasteiger partial charge in [0.1, 0.15) is 36.6 Å². The van der Waals surface area contributed by atoms with Gasteiger partial charge in [0, 0.05) is 6.92 Å². The number of aliphatic hydroxyl groups excluding tert-OH is 4. The molecule has 0 aliphatic carbocycles. The van der Waals surface area contributed by atoms with Gasteiger partial charge in [0.15, 0.2) is 24.8 Å². The van der Waals surface area contributed by atoms with Gasteiger partial charge in [0.2, 0.25) is 5.91 Å². The van der Waals surface area contributed by atoms with Crippen LogP contribution in [0.25, 0.3) is 0 Å². The lowest BCUT2D eigenvalue weighted by Gasteiger charge is -2.46. The largest absolute Gasteiger partial charge is 0.479 e. The van der Waals surface area contributed by atoms with Crippen LogP contribution in [0.1, 0.15) is 6.92 Å². The number of amides is 1. The molecule has 0 aromatic heterocycles. The van der Waals surface area contributed by atoms with E-state index in [1.54, 1.807) is 0 Å². The van der Waals surface area contributed by atoms with E-state index in [0.717, 1.165) is 6.92 Å². The van der Waals surface area contributed by atoms with Gasteiger partial charge in [-0.2, -0.15) is 16.8 Å². The molecule has 2 heterocycles.